The fourth-order valence-corrected chi connectivity index (χ4v) is 4.62. The molecule has 2 aliphatic heterocycles. The van der Waals surface area contributed by atoms with Crippen LogP contribution in [0.4, 0.5) is 4.79 Å². The van der Waals surface area contributed by atoms with Crippen LogP contribution in [0.15, 0.2) is 0 Å². The summed E-state index contributed by atoms with van der Waals surface area (Å²) in [4.78, 5) is 17.1. The quantitative estimate of drug-likeness (QED) is 0.858. The van der Waals surface area contributed by atoms with Gasteiger partial charge in [0.1, 0.15) is 0 Å². The van der Waals surface area contributed by atoms with Gasteiger partial charge >= 0.3 is 6.03 Å². The summed E-state index contributed by atoms with van der Waals surface area (Å²) in [5.41, 5.74) is 0. The third-order valence-corrected chi connectivity index (χ3v) is 6.08. The minimum Gasteiger partial charge on any atom is -0.378 e. The van der Waals surface area contributed by atoms with Gasteiger partial charge in [0.05, 0.1) is 6.10 Å². The largest absolute Gasteiger partial charge is 0.378 e. The Morgan fingerprint density at radius 1 is 1.08 bits per heavy atom. The molecular formula is C19H35N3O2. The molecule has 0 unspecified atom stereocenters. The van der Waals surface area contributed by atoms with E-state index in [2.05, 4.69) is 17.1 Å². The molecular weight excluding hydrogens is 302 g/mol. The molecule has 2 amide bonds. The highest BCUT2D eigenvalue weighted by Crippen LogP contribution is 2.24. The summed E-state index contributed by atoms with van der Waals surface area (Å²) in [6, 6.07) is 0.923. The summed E-state index contributed by atoms with van der Waals surface area (Å²) < 4.78 is 5.60. The molecule has 0 aromatic rings. The zero-order valence-corrected chi connectivity index (χ0v) is 15.3. The average molecular weight is 338 g/mol. The molecule has 24 heavy (non-hydrogen) atoms. The molecule has 2 heterocycles. The van der Waals surface area contributed by atoms with Gasteiger partial charge < -0.3 is 15.0 Å². The molecule has 0 aromatic heterocycles. The van der Waals surface area contributed by atoms with Gasteiger partial charge in [-0.05, 0) is 51.4 Å². The smallest absolute Gasteiger partial charge is 0.317 e. The van der Waals surface area contributed by atoms with Crippen molar-refractivity contribution in [2.45, 2.75) is 70.4 Å². The predicted molar refractivity (Wildman–Crippen MR) is 96.2 cm³/mol. The lowest BCUT2D eigenvalue weighted by Crippen LogP contribution is -2.43. The van der Waals surface area contributed by atoms with Gasteiger partial charge in [0.25, 0.3) is 0 Å². The first kappa shape index (κ1) is 18.0. The number of nitrogens with one attached hydrogen (secondary N) is 1. The minimum absolute atomic E-state index is 0.142. The molecule has 0 aromatic carbocycles. The van der Waals surface area contributed by atoms with E-state index in [0.29, 0.717) is 12.0 Å². The zero-order chi connectivity index (χ0) is 16.8. The average Bonchev–Trinajstić information content (AvgIpc) is 2.99. The van der Waals surface area contributed by atoms with E-state index >= 15 is 0 Å². The van der Waals surface area contributed by atoms with E-state index in [1.165, 1.54) is 25.7 Å². The van der Waals surface area contributed by atoms with E-state index in [9.17, 15) is 4.79 Å². The maximum atomic E-state index is 12.5. The number of hydrogen-bond donors (Lipinski definition) is 1. The Morgan fingerprint density at radius 2 is 1.92 bits per heavy atom. The van der Waals surface area contributed by atoms with Crippen molar-refractivity contribution < 1.29 is 9.53 Å². The number of urea groups is 1. The van der Waals surface area contributed by atoms with Gasteiger partial charge in [0.15, 0.2) is 0 Å². The first-order valence-corrected chi connectivity index (χ1v) is 10.1. The van der Waals surface area contributed by atoms with Crippen molar-refractivity contribution in [3.05, 3.63) is 0 Å². The molecule has 1 aliphatic carbocycles. The Labute approximate surface area is 147 Å². The van der Waals surface area contributed by atoms with Crippen molar-refractivity contribution in [1.29, 1.82) is 0 Å². The molecule has 138 valence electrons. The van der Waals surface area contributed by atoms with Crippen LogP contribution in [0, 0.1) is 5.92 Å². The second kappa shape index (κ2) is 9.04. The van der Waals surface area contributed by atoms with Crippen molar-refractivity contribution >= 4 is 6.03 Å². The number of hydrogen-bond acceptors (Lipinski definition) is 3. The first-order chi connectivity index (χ1) is 11.7. The lowest BCUT2D eigenvalue weighted by Gasteiger charge is -2.28. The number of rotatable bonds is 4. The second-order valence-corrected chi connectivity index (χ2v) is 7.91. The van der Waals surface area contributed by atoms with Crippen LogP contribution in [-0.2, 0) is 4.74 Å². The van der Waals surface area contributed by atoms with Gasteiger partial charge in [0, 0.05) is 45.4 Å². The Balaban J connectivity index is 1.35. The summed E-state index contributed by atoms with van der Waals surface area (Å²) in [5, 5.41) is 3.15. The maximum Gasteiger partial charge on any atom is 0.317 e. The number of nitrogens with zero attached hydrogens (tertiary/aromatic N) is 2. The van der Waals surface area contributed by atoms with Gasteiger partial charge in [-0.3, -0.25) is 4.90 Å². The lowest BCUT2D eigenvalue weighted by atomic mass is 9.93. The van der Waals surface area contributed by atoms with Gasteiger partial charge in [-0.25, -0.2) is 4.79 Å². The van der Waals surface area contributed by atoms with E-state index in [1.54, 1.807) is 0 Å². The normalized spacial score (nSPS) is 30.3. The highest BCUT2D eigenvalue weighted by molar-refractivity contribution is 5.74. The second-order valence-electron chi connectivity index (χ2n) is 7.91. The van der Waals surface area contributed by atoms with Crippen LogP contribution in [-0.4, -0.2) is 67.3 Å². The molecule has 3 fully saturated rings. The summed E-state index contributed by atoms with van der Waals surface area (Å²) in [7, 11) is 0. The maximum absolute atomic E-state index is 12.5. The molecule has 0 spiro atoms. The molecule has 3 aliphatic rings. The van der Waals surface area contributed by atoms with E-state index in [1.807, 2.05) is 4.90 Å². The summed E-state index contributed by atoms with van der Waals surface area (Å²) in [5.74, 6) is 0.705. The molecule has 0 bridgehead atoms. The van der Waals surface area contributed by atoms with Crippen molar-refractivity contribution in [2.24, 2.45) is 5.92 Å². The van der Waals surface area contributed by atoms with E-state index in [-0.39, 0.29) is 6.03 Å². The third kappa shape index (κ3) is 5.09. The van der Waals surface area contributed by atoms with Crippen LogP contribution >= 0.6 is 0 Å². The molecule has 1 N–H and O–H groups in total. The van der Waals surface area contributed by atoms with E-state index < -0.39 is 0 Å². The fraction of sp³-hybridized carbons (Fsp3) is 0.947. The van der Waals surface area contributed by atoms with Crippen LogP contribution in [0.3, 0.4) is 0 Å². The van der Waals surface area contributed by atoms with Crippen LogP contribution < -0.4 is 5.32 Å². The van der Waals surface area contributed by atoms with Gasteiger partial charge in [-0.2, -0.15) is 0 Å². The highest BCUT2D eigenvalue weighted by Gasteiger charge is 2.26. The van der Waals surface area contributed by atoms with Crippen molar-refractivity contribution in [3.63, 3.8) is 0 Å². The third-order valence-electron chi connectivity index (χ3n) is 6.08. The summed E-state index contributed by atoms with van der Waals surface area (Å²) in [6.45, 7) is 7.84. The topological polar surface area (TPSA) is 44.8 Å². The van der Waals surface area contributed by atoms with Crippen LogP contribution in [0.2, 0.25) is 0 Å². The Morgan fingerprint density at radius 3 is 2.71 bits per heavy atom. The zero-order valence-electron chi connectivity index (χ0n) is 15.3. The number of ether oxygens (including phenoxy) is 1. The molecule has 2 atom stereocenters. The summed E-state index contributed by atoms with van der Waals surface area (Å²) >= 11 is 0. The molecule has 2 saturated heterocycles. The number of amides is 2. The first-order valence-electron chi connectivity index (χ1n) is 10.1. The van der Waals surface area contributed by atoms with E-state index in [4.69, 9.17) is 4.74 Å². The molecule has 1 saturated carbocycles. The fourth-order valence-electron chi connectivity index (χ4n) is 4.62. The predicted octanol–water partition coefficient (Wildman–Crippen LogP) is 2.85. The summed E-state index contributed by atoms with van der Waals surface area (Å²) in [6.07, 6.45) is 10.3. The number of carbonyl (C=O) groups excluding carboxylic acids is 1. The van der Waals surface area contributed by atoms with Gasteiger partial charge in [-0.15, -0.1) is 0 Å². The SMILES string of the molecule is C[C@H]1C[C@H](CCNC(=O)N2CCCN(C3CCCC3)CC2)CCO1. The van der Waals surface area contributed by atoms with Crippen molar-refractivity contribution in [3.8, 4) is 0 Å². The molecule has 5 heteroatoms. The van der Waals surface area contributed by atoms with Crippen LogP contribution in [0.5, 0.6) is 0 Å². The monoisotopic (exact) mass is 337 g/mol. The Bertz CT molecular complexity index is 398. The standard InChI is InChI=1S/C19H35N3O2/c1-16-15-17(8-14-24-16)7-9-20-19(23)22-11-4-10-21(12-13-22)18-5-2-3-6-18/h16-18H,2-15H2,1H3,(H,20,23)/t16-,17+/m0/s1. The van der Waals surface area contributed by atoms with Crippen LogP contribution in [0.25, 0.3) is 0 Å². The Kier molecular flexibility index (Phi) is 6.78. The van der Waals surface area contributed by atoms with Gasteiger partial charge in [0.2, 0.25) is 0 Å². The van der Waals surface area contributed by atoms with Crippen molar-refractivity contribution in [1.82, 2.24) is 15.1 Å². The highest BCUT2D eigenvalue weighted by atomic mass is 16.5. The lowest BCUT2D eigenvalue weighted by molar-refractivity contribution is 0.00112. The van der Waals surface area contributed by atoms with Gasteiger partial charge in [-0.1, -0.05) is 12.8 Å². The molecule has 3 rings (SSSR count). The molecule has 5 nitrogen and oxygen atoms in total. The Hall–Kier alpha value is -0.810. The van der Waals surface area contributed by atoms with Crippen molar-refractivity contribution in [2.75, 3.05) is 39.3 Å². The number of carbonyl (C=O) groups is 1. The van der Waals surface area contributed by atoms with E-state index in [0.717, 1.165) is 71.1 Å². The minimum atomic E-state index is 0.142. The molecule has 0 radical (unpaired) electrons. The van der Waals surface area contributed by atoms with Crippen LogP contribution in [0.1, 0.15) is 58.3 Å².